The number of carbonyl (C=O) groups excluding carboxylic acids is 2. The Morgan fingerprint density at radius 3 is 1.00 bits per heavy atom. The SMILES string of the molecule is CCCC/C=C\C/C=C\CCCCCCCC(=O)OCCCCCCCCCCCCCC/C=C\CCCCCCCCCCCCCCCCCCCC(=O)NC(CO)C(O)CCCCCCCCCCCCCCCCCC. The van der Waals surface area contributed by atoms with Crippen LogP contribution in [0.15, 0.2) is 36.5 Å². The van der Waals surface area contributed by atoms with Gasteiger partial charge in [-0.15, -0.1) is 0 Å². The number of hydrogen-bond donors (Lipinski definition) is 3. The molecule has 6 heteroatoms. The maximum atomic E-state index is 12.5. The fourth-order valence-corrected chi connectivity index (χ4v) is 11.4. The van der Waals surface area contributed by atoms with Gasteiger partial charge in [-0.2, -0.15) is 0 Å². The van der Waals surface area contributed by atoms with Crippen molar-refractivity contribution in [3.63, 3.8) is 0 Å². The van der Waals surface area contributed by atoms with Crippen molar-refractivity contribution in [2.45, 2.75) is 411 Å². The number of nitrogens with one attached hydrogen (secondary N) is 1. The molecule has 0 aliphatic rings. The molecule has 472 valence electrons. The van der Waals surface area contributed by atoms with Gasteiger partial charge in [0.2, 0.25) is 5.91 Å². The van der Waals surface area contributed by atoms with Gasteiger partial charge in [-0.1, -0.05) is 346 Å². The van der Waals surface area contributed by atoms with Gasteiger partial charge in [0.15, 0.2) is 0 Å². The van der Waals surface area contributed by atoms with E-state index in [0.29, 0.717) is 25.9 Å². The van der Waals surface area contributed by atoms with Gasteiger partial charge in [0.05, 0.1) is 25.4 Å². The standard InChI is InChI=1S/C74H141NO5/c1-3-5-7-9-11-13-15-17-19-39-42-46-50-54-58-62-66-72(77)71(70-76)75-73(78)67-63-59-55-51-47-43-40-37-35-33-31-29-27-25-23-21-20-22-24-26-28-30-32-34-36-38-41-45-49-53-57-61-65-69-80-74(79)68-64-60-56-52-48-44-18-16-14-12-10-8-6-4-2/h10,12,16,18,24,26,71-72,76-77H,3-9,11,13-15,17,19-23,25,27-70H2,1-2H3,(H,75,78)/b12-10-,18-16-,26-24-. The first kappa shape index (κ1) is 78.1. The first-order valence-electron chi connectivity index (χ1n) is 36.2. The molecule has 6 nitrogen and oxygen atoms in total. The van der Waals surface area contributed by atoms with Crippen LogP contribution >= 0.6 is 0 Å². The van der Waals surface area contributed by atoms with E-state index in [1.165, 1.54) is 315 Å². The first-order chi connectivity index (χ1) is 39.5. The number of ether oxygens (including phenoxy) is 1. The summed E-state index contributed by atoms with van der Waals surface area (Å²) in [5.74, 6) is -0.0244. The molecule has 0 saturated carbocycles. The molecule has 0 fully saturated rings. The molecule has 0 heterocycles. The lowest BCUT2D eigenvalue weighted by molar-refractivity contribution is -0.143. The van der Waals surface area contributed by atoms with Crippen LogP contribution in [-0.2, 0) is 14.3 Å². The zero-order valence-corrected chi connectivity index (χ0v) is 54.1. The highest BCUT2D eigenvalue weighted by atomic mass is 16.5. The van der Waals surface area contributed by atoms with Gasteiger partial charge in [-0.25, -0.2) is 0 Å². The monoisotopic (exact) mass is 1120 g/mol. The Hall–Kier alpha value is -1.92. The molecule has 2 unspecified atom stereocenters. The first-order valence-corrected chi connectivity index (χ1v) is 36.2. The minimum absolute atomic E-state index is 0.00435. The molecular weight excluding hydrogens is 983 g/mol. The number of unbranched alkanes of at least 4 members (excludes halogenated alkanes) is 51. The summed E-state index contributed by atoms with van der Waals surface area (Å²) in [5, 5.41) is 23.4. The van der Waals surface area contributed by atoms with E-state index in [1.807, 2.05) is 0 Å². The summed E-state index contributed by atoms with van der Waals surface area (Å²) in [6.07, 6.45) is 89.2. The normalized spacial score (nSPS) is 12.7. The lowest BCUT2D eigenvalue weighted by Crippen LogP contribution is -2.45. The summed E-state index contributed by atoms with van der Waals surface area (Å²) >= 11 is 0. The maximum Gasteiger partial charge on any atom is 0.305 e. The van der Waals surface area contributed by atoms with Gasteiger partial charge in [-0.3, -0.25) is 9.59 Å². The van der Waals surface area contributed by atoms with Gasteiger partial charge < -0.3 is 20.3 Å². The summed E-state index contributed by atoms with van der Waals surface area (Å²) in [6.45, 7) is 4.94. The Kier molecular flexibility index (Phi) is 67.9. The second-order valence-corrected chi connectivity index (χ2v) is 24.9. The number of aliphatic hydroxyl groups excluding tert-OH is 2. The van der Waals surface area contributed by atoms with Crippen LogP contribution in [0.1, 0.15) is 399 Å². The van der Waals surface area contributed by atoms with Crippen LogP contribution < -0.4 is 5.32 Å². The largest absolute Gasteiger partial charge is 0.466 e. The highest BCUT2D eigenvalue weighted by molar-refractivity contribution is 5.76. The zero-order valence-electron chi connectivity index (χ0n) is 54.1. The van der Waals surface area contributed by atoms with Crippen LogP contribution in [0.2, 0.25) is 0 Å². The number of hydrogen-bond acceptors (Lipinski definition) is 5. The number of aliphatic hydroxyl groups is 2. The van der Waals surface area contributed by atoms with Crippen molar-refractivity contribution >= 4 is 11.9 Å². The zero-order chi connectivity index (χ0) is 57.8. The van der Waals surface area contributed by atoms with Crippen LogP contribution in [0.4, 0.5) is 0 Å². The second-order valence-electron chi connectivity index (χ2n) is 24.9. The van der Waals surface area contributed by atoms with E-state index < -0.39 is 12.1 Å². The smallest absolute Gasteiger partial charge is 0.305 e. The summed E-state index contributed by atoms with van der Waals surface area (Å²) in [5.41, 5.74) is 0. The third-order valence-corrected chi connectivity index (χ3v) is 16.9. The fourth-order valence-electron chi connectivity index (χ4n) is 11.4. The molecule has 0 rings (SSSR count). The van der Waals surface area contributed by atoms with Gasteiger partial charge >= 0.3 is 5.97 Å². The number of allylic oxidation sites excluding steroid dienone is 6. The number of esters is 1. The summed E-state index contributed by atoms with van der Waals surface area (Å²) in [6, 6.07) is -0.539. The van der Waals surface area contributed by atoms with Crippen LogP contribution in [0.25, 0.3) is 0 Å². The van der Waals surface area contributed by atoms with E-state index in [4.69, 9.17) is 4.74 Å². The van der Waals surface area contributed by atoms with Gasteiger partial charge in [-0.05, 0) is 77.0 Å². The molecule has 0 spiro atoms. The Morgan fingerprint density at radius 2 is 0.637 bits per heavy atom. The average Bonchev–Trinajstić information content (AvgIpc) is 3.46. The molecule has 3 N–H and O–H groups in total. The highest BCUT2D eigenvalue weighted by Crippen LogP contribution is 2.19. The molecular formula is C74H141NO5. The van der Waals surface area contributed by atoms with Crippen LogP contribution in [-0.4, -0.2) is 47.4 Å². The Labute approximate surface area is 500 Å². The van der Waals surface area contributed by atoms with Crippen molar-refractivity contribution < 1.29 is 24.5 Å². The molecule has 0 radical (unpaired) electrons. The van der Waals surface area contributed by atoms with E-state index in [2.05, 4.69) is 55.6 Å². The fraction of sp³-hybridized carbons (Fsp3) is 0.892. The van der Waals surface area contributed by atoms with Crippen LogP contribution in [0.5, 0.6) is 0 Å². The highest BCUT2D eigenvalue weighted by Gasteiger charge is 2.20. The van der Waals surface area contributed by atoms with Gasteiger partial charge in [0.25, 0.3) is 0 Å². The van der Waals surface area contributed by atoms with E-state index in [9.17, 15) is 19.8 Å². The Balaban J connectivity index is 3.35. The van der Waals surface area contributed by atoms with E-state index in [0.717, 1.165) is 51.4 Å². The molecule has 0 aliphatic carbocycles. The van der Waals surface area contributed by atoms with Crippen molar-refractivity contribution in [2.24, 2.45) is 0 Å². The van der Waals surface area contributed by atoms with E-state index in [1.54, 1.807) is 0 Å². The predicted molar refractivity (Wildman–Crippen MR) is 352 cm³/mol. The third kappa shape index (κ3) is 65.2. The summed E-state index contributed by atoms with van der Waals surface area (Å²) in [4.78, 5) is 24.6. The molecule has 1 amide bonds. The number of rotatable bonds is 68. The van der Waals surface area contributed by atoms with Crippen LogP contribution in [0, 0.1) is 0 Å². The second kappa shape index (κ2) is 69.6. The predicted octanol–water partition coefficient (Wildman–Crippen LogP) is 23.5. The topological polar surface area (TPSA) is 95.9 Å². The quantitative estimate of drug-likeness (QED) is 0.0320. The number of carbonyl (C=O) groups is 2. The molecule has 2 atom stereocenters. The molecule has 0 saturated heterocycles. The molecule has 80 heavy (non-hydrogen) atoms. The third-order valence-electron chi connectivity index (χ3n) is 16.9. The van der Waals surface area contributed by atoms with Gasteiger partial charge in [0.1, 0.15) is 0 Å². The molecule has 0 bridgehead atoms. The molecule has 0 aromatic heterocycles. The van der Waals surface area contributed by atoms with Gasteiger partial charge in [0, 0.05) is 12.8 Å². The Morgan fingerprint density at radius 1 is 0.350 bits per heavy atom. The van der Waals surface area contributed by atoms with Crippen molar-refractivity contribution in [1.82, 2.24) is 5.32 Å². The summed E-state index contributed by atoms with van der Waals surface area (Å²) in [7, 11) is 0. The molecule has 0 aromatic carbocycles. The lowest BCUT2D eigenvalue weighted by Gasteiger charge is -2.22. The summed E-state index contributed by atoms with van der Waals surface area (Å²) < 4.78 is 5.48. The lowest BCUT2D eigenvalue weighted by atomic mass is 10.0. The van der Waals surface area contributed by atoms with Crippen LogP contribution in [0.3, 0.4) is 0 Å². The van der Waals surface area contributed by atoms with E-state index in [-0.39, 0.29) is 18.5 Å². The van der Waals surface area contributed by atoms with E-state index >= 15 is 0 Å². The minimum Gasteiger partial charge on any atom is -0.466 e. The van der Waals surface area contributed by atoms with Crippen molar-refractivity contribution in [3.05, 3.63) is 36.5 Å². The van der Waals surface area contributed by atoms with Crippen molar-refractivity contribution in [3.8, 4) is 0 Å². The Bertz CT molecular complexity index is 1300. The average molecular weight is 1120 g/mol. The molecule has 0 aliphatic heterocycles. The molecule has 0 aromatic rings. The van der Waals surface area contributed by atoms with Crippen molar-refractivity contribution in [2.75, 3.05) is 13.2 Å². The van der Waals surface area contributed by atoms with Crippen molar-refractivity contribution in [1.29, 1.82) is 0 Å². The number of amides is 1. The minimum atomic E-state index is -0.662. The maximum absolute atomic E-state index is 12.5.